The number of ketones is 1. The van der Waals surface area contributed by atoms with Crippen molar-refractivity contribution in [1.29, 1.82) is 0 Å². The van der Waals surface area contributed by atoms with E-state index in [0.29, 0.717) is 18.9 Å². The normalized spacial score (nSPS) is 10.6. The van der Waals surface area contributed by atoms with Crippen molar-refractivity contribution in [1.82, 2.24) is 10.2 Å². The topological polar surface area (TPSA) is 64.1 Å². The number of hydrogen-bond donors (Lipinski definition) is 1. The Balaban J connectivity index is 1.82. The van der Waals surface area contributed by atoms with Crippen molar-refractivity contribution in [2.75, 3.05) is 31.3 Å². The van der Waals surface area contributed by atoms with Crippen LogP contribution in [0.1, 0.15) is 22.8 Å². The third kappa shape index (κ3) is 5.08. The second-order valence-electron chi connectivity index (χ2n) is 4.56. The summed E-state index contributed by atoms with van der Waals surface area (Å²) in [5, 5.41) is 12.0. The maximum Gasteiger partial charge on any atom is 0.206 e. The molecule has 0 bridgehead atoms. The summed E-state index contributed by atoms with van der Waals surface area (Å²) >= 11 is 2.87. The first-order chi connectivity index (χ1) is 10.7. The molecule has 0 aliphatic rings. The average molecular weight is 337 g/mol. The summed E-state index contributed by atoms with van der Waals surface area (Å²) in [6.45, 7) is 3.41. The van der Waals surface area contributed by atoms with Crippen molar-refractivity contribution in [3.8, 4) is 0 Å². The van der Waals surface area contributed by atoms with Crippen LogP contribution in [0.2, 0.25) is 0 Å². The van der Waals surface area contributed by atoms with Crippen molar-refractivity contribution >= 4 is 34.0 Å². The lowest BCUT2D eigenvalue weighted by Gasteiger charge is -2.01. The van der Waals surface area contributed by atoms with Crippen LogP contribution < -0.4 is 5.32 Å². The van der Waals surface area contributed by atoms with Gasteiger partial charge in [-0.05, 0) is 12.0 Å². The number of thioether (sulfide) groups is 1. The Hall–Kier alpha value is -1.44. The minimum Gasteiger partial charge on any atom is -0.383 e. The van der Waals surface area contributed by atoms with E-state index in [9.17, 15) is 4.79 Å². The molecule has 2 aromatic rings. The van der Waals surface area contributed by atoms with E-state index in [2.05, 4.69) is 22.4 Å². The van der Waals surface area contributed by atoms with Crippen molar-refractivity contribution in [2.45, 2.75) is 17.7 Å². The van der Waals surface area contributed by atoms with Gasteiger partial charge in [-0.25, -0.2) is 0 Å². The summed E-state index contributed by atoms with van der Waals surface area (Å²) in [7, 11) is 1.65. The standard InChI is InChI=1S/C15H19N3O2S2/c1-3-11-4-6-12(7-5-11)13(19)10-21-15-18-17-14(22-15)16-8-9-20-2/h4-7H,3,8-10H2,1-2H3,(H,16,17). The molecule has 5 nitrogen and oxygen atoms in total. The quantitative estimate of drug-likeness (QED) is 0.431. The molecule has 0 aliphatic heterocycles. The number of methoxy groups -OCH3 is 1. The highest BCUT2D eigenvalue weighted by atomic mass is 32.2. The Morgan fingerprint density at radius 1 is 1.32 bits per heavy atom. The van der Waals surface area contributed by atoms with Gasteiger partial charge in [-0.2, -0.15) is 0 Å². The minimum atomic E-state index is 0.108. The van der Waals surface area contributed by atoms with E-state index >= 15 is 0 Å². The van der Waals surface area contributed by atoms with E-state index < -0.39 is 0 Å². The zero-order valence-electron chi connectivity index (χ0n) is 12.7. The molecule has 0 amide bonds. The maximum atomic E-state index is 12.1. The van der Waals surface area contributed by atoms with Gasteiger partial charge in [-0.15, -0.1) is 10.2 Å². The van der Waals surface area contributed by atoms with Gasteiger partial charge in [0.25, 0.3) is 0 Å². The summed E-state index contributed by atoms with van der Waals surface area (Å²) in [6.07, 6.45) is 0.979. The lowest BCUT2D eigenvalue weighted by Crippen LogP contribution is -2.06. The van der Waals surface area contributed by atoms with Crippen LogP contribution in [0.3, 0.4) is 0 Å². The number of aryl methyl sites for hydroxylation is 1. The van der Waals surface area contributed by atoms with Crippen LogP contribution in [0, 0.1) is 0 Å². The summed E-state index contributed by atoms with van der Waals surface area (Å²) in [6, 6.07) is 7.78. The Labute approximate surface area is 138 Å². The summed E-state index contributed by atoms with van der Waals surface area (Å²) < 4.78 is 5.75. The number of Topliss-reactive ketones (excluding diaryl/α,β-unsaturated/α-hetero) is 1. The van der Waals surface area contributed by atoms with Crippen LogP contribution in [-0.4, -0.2) is 42.0 Å². The molecule has 0 saturated carbocycles. The molecule has 0 atom stereocenters. The van der Waals surface area contributed by atoms with Crippen LogP contribution in [-0.2, 0) is 11.2 Å². The summed E-state index contributed by atoms with van der Waals surface area (Å²) in [5.41, 5.74) is 1.98. The van der Waals surface area contributed by atoms with Gasteiger partial charge in [0.15, 0.2) is 10.1 Å². The van der Waals surface area contributed by atoms with Crippen molar-refractivity contribution in [2.24, 2.45) is 0 Å². The third-order valence-electron chi connectivity index (χ3n) is 3.00. The molecule has 0 fully saturated rings. The van der Waals surface area contributed by atoms with Gasteiger partial charge in [0, 0.05) is 19.2 Å². The van der Waals surface area contributed by atoms with Gasteiger partial charge < -0.3 is 10.1 Å². The van der Waals surface area contributed by atoms with Gasteiger partial charge >= 0.3 is 0 Å². The SMILES string of the molecule is CCc1ccc(C(=O)CSc2nnc(NCCOC)s2)cc1. The fourth-order valence-corrected chi connectivity index (χ4v) is 3.41. The molecule has 7 heteroatoms. The molecule has 0 aliphatic carbocycles. The number of nitrogens with one attached hydrogen (secondary N) is 1. The molecule has 1 aromatic heterocycles. The maximum absolute atomic E-state index is 12.1. The van der Waals surface area contributed by atoms with E-state index in [0.717, 1.165) is 21.5 Å². The number of aromatic nitrogens is 2. The predicted octanol–water partition coefficient (Wildman–Crippen LogP) is 3.13. The fraction of sp³-hybridized carbons (Fsp3) is 0.400. The van der Waals surface area contributed by atoms with Gasteiger partial charge in [0.2, 0.25) is 5.13 Å². The first kappa shape index (κ1) is 16.9. The molecular weight excluding hydrogens is 318 g/mol. The van der Waals surface area contributed by atoms with E-state index in [4.69, 9.17) is 4.74 Å². The molecule has 0 spiro atoms. The molecule has 1 heterocycles. The first-order valence-corrected chi connectivity index (χ1v) is 8.84. The number of nitrogens with zero attached hydrogens (tertiary/aromatic N) is 2. The molecule has 22 heavy (non-hydrogen) atoms. The lowest BCUT2D eigenvalue weighted by molar-refractivity contribution is 0.102. The van der Waals surface area contributed by atoms with Gasteiger partial charge in [-0.3, -0.25) is 4.79 Å². The molecule has 0 saturated heterocycles. The van der Waals surface area contributed by atoms with Gasteiger partial charge in [-0.1, -0.05) is 54.3 Å². The zero-order valence-corrected chi connectivity index (χ0v) is 14.3. The lowest BCUT2D eigenvalue weighted by atomic mass is 10.1. The molecule has 0 unspecified atom stereocenters. The Bertz CT molecular complexity index is 599. The van der Waals surface area contributed by atoms with E-state index in [-0.39, 0.29) is 5.78 Å². The van der Waals surface area contributed by atoms with Crippen molar-refractivity contribution in [3.05, 3.63) is 35.4 Å². The number of carbonyl (C=O) groups excluding carboxylic acids is 1. The highest BCUT2D eigenvalue weighted by Crippen LogP contribution is 2.26. The fourth-order valence-electron chi connectivity index (χ4n) is 1.74. The number of carbonyl (C=O) groups is 1. The number of hydrogen-bond acceptors (Lipinski definition) is 7. The second-order valence-corrected chi connectivity index (χ2v) is 6.76. The number of anilines is 1. The van der Waals surface area contributed by atoms with Crippen LogP contribution in [0.5, 0.6) is 0 Å². The van der Waals surface area contributed by atoms with Crippen LogP contribution in [0.25, 0.3) is 0 Å². The van der Waals surface area contributed by atoms with Gasteiger partial charge in [0.05, 0.1) is 12.4 Å². The number of ether oxygens (including phenoxy) is 1. The van der Waals surface area contributed by atoms with E-state index in [1.165, 1.54) is 28.7 Å². The van der Waals surface area contributed by atoms with Crippen molar-refractivity contribution < 1.29 is 9.53 Å². The Morgan fingerprint density at radius 3 is 2.77 bits per heavy atom. The highest BCUT2D eigenvalue weighted by Gasteiger charge is 2.10. The van der Waals surface area contributed by atoms with Crippen LogP contribution >= 0.6 is 23.1 Å². The van der Waals surface area contributed by atoms with Gasteiger partial charge in [0.1, 0.15) is 0 Å². The Morgan fingerprint density at radius 2 is 2.09 bits per heavy atom. The zero-order chi connectivity index (χ0) is 15.8. The summed E-state index contributed by atoms with van der Waals surface area (Å²) in [4.78, 5) is 12.1. The third-order valence-corrected chi connectivity index (χ3v) is 5.01. The van der Waals surface area contributed by atoms with E-state index in [1.54, 1.807) is 7.11 Å². The summed E-state index contributed by atoms with van der Waals surface area (Å²) in [5.74, 6) is 0.481. The molecule has 1 aromatic carbocycles. The smallest absolute Gasteiger partial charge is 0.206 e. The Kier molecular flexibility index (Phi) is 6.82. The average Bonchev–Trinajstić information content (AvgIpc) is 3.01. The molecule has 2 rings (SSSR count). The largest absolute Gasteiger partial charge is 0.383 e. The molecule has 118 valence electrons. The highest BCUT2D eigenvalue weighted by molar-refractivity contribution is 8.01. The van der Waals surface area contributed by atoms with Crippen LogP contribution in [0.15, 0.2) is 28.6 Å². The van der Waals surface area contributed by atoms with E-state index in [1.807, 2.05) is 24.3 Å². The van der Waals surface area contributed by atoms with Crippen molar-refractivity contribution in [3.63, 3.8) is 0 Å². The monoisotopic (exact) mass is 337 g/mol. The van der Waals surface area contributed by atoms with Crippen LogP contribution in [0.4, 0.5) is 5.13 Å². The first-order valence-electron chi connectivity index (χ1n) is 7.04. The minimum absolute atomic E-state index is 0.108. The molecule has 1 N–H and O–H groups in total. The predicted molar refractivity (Wildman–Crippen MR) is 91.1 cm³/mol. The second kappa shape index (κ2) is 8.87. The molecule has 0 radical (unpaired) electrons. The number of rotatable bonds is 9. The molecular formula is C15H19N3O2S2. The number of benzene rings is 1.